The van der Waals surface area contributed by atoms with Crippen molar-refractivity contribution in [1.82, 2.24) is 15.1 Å². The van der Waals surface area contributed by atoms with Crippen LogP contribution in [0.1, 0.15) is 72.9 Å². The molecule has 1 N–H and O–H groups in total. The van der Waals surface area contributed by atoms with Gasteiger partial charge in [-0.25, -0.2) is 0 Å². The van der Waals surface area contributed by atoms with Gasteiger partial charge in [-0.3, -0.25) is 9.48 Å². The molecule has 1 heterocycles. The Morgan fingerprint density at radius 1 is 1.15 bits per heavy atom. The SMILES string of the molecule is CCC(C)c1ccc(C(CC)NC(=O)c2cc(C(F)(F)F)nn2C)cc1. The summed E-state index contributed by atoms with van der Waals surface area (Å²) in [6.45, 7) is 6.18. The molecule has 2 aromatic rings. The van der Waals surface area contributed by atoms with Gasteiger partial charge >= 0.3 is 6.18 Å². The Kier molecular flexibility index (Phi) is 6.10. The number of nitrogens with zero attached hydrogens (tertiary/aromatic N) is 2. The number of nitrogens with one attached hydrogen (secondary N) is 1. The zero-order valence-electron chi connectivity index (χ0n) is 15.4. The van der Waals surface area contributed by atoms with Crippen LogP contribution in [0.3, 0.4) is 0 Å². The Bertz CT molecular complexity index is 750. The first-order valence-corrected chi connectivity index (χ1v) is 8.69. The van der Waals surface area contributed by atoms with Crippen LogP contribution in [-0.4, -0.2) is 15.7 Å². The summed E-state index contributed by atoms with van der Waals surface area (Å²) in [5.41, 5.74) is 0.952. The Balaban J connectivity index is 2.17. The maximum atomic E-state index is 12.8. The van der Waals surface area contributed by atoms with E-state index in [0.29, 0.717) is 12.3 Å². The smallest absolute Gasteiger partial charge is 0.344 e. The number of aryl methyl sites for hydroxylation is 1. The summed E-state index contributed by atoms with van der Waals surface area (Å²) in [7, 11) is 1.33. The van der Waals surface area contributed by atoms with Crippen LogP contribution >= 0.6 is 0 Å². The average molecular weight is 367 g/mol. The summed E-state index contributed by atoms with van der Waals surface area (Å²) in [5.74, 6) is -0.123. The molecule has 2 atom stereocenters. The van der Waals surface area contributed by atoms with Crippen molar-refractivity contribution < 1.29 is 18.0 Å². The third-order valence-corrected chi connectivity index (χ3v) is 4.64. The largest absolute Gasteiger partial charge is 0.435 e. The predicted molar refractivity (Wildman–Crippen MR) is 93.9 cm³/mol. The fourth-order valence-corrected chi connectivity index (χ4v) is 2.76. The van der Waals surface area contributed by atoms with Gasteiger partial charge in [0.25, 0.3) is 5.91 Å². The van der Waals surface area contributed by atoms with Crippen molar-refractivity contribution in [1.29, 1.82) is 0 Å². The van der Waals surface area contributed by atoms with Crippen LogP contribution in [0.2, 0.25) is 0 Å². The fraction of sp³-hybridized carbons (Fsp3) is 0.474. The molecule has 1 amide bonds. The van der Waals surface area contributed by atoms with Crippen molar-refractivity contribution in [2.45, 2.75) is 51.7 Å². The lowest BCUT2D eigenvalue weighted by atomic mass is 9.95. The molecular formula is C19H24F3N3O. The lowest BCUT2D eigenvalue weighted by Crippen LogP contribution is -2.29. The molecule has 0 saturated carbocycles. The molecule has 0 bridgehead atoms. The van der Waals surface area contributed by atoms with Crippen LogP contribution in [-0.2, 0) is 13.2 Å². The predicted octanol–water partition coefficient (Wildman–Crippen LogP) is 4.83. The quantitative estimate of drug-likeness (QED) is 0.795. The summed E-state index contributed by atoms with van der Waals surface area (Å²) >= 11 is 0. The summed E-state index contributed by atoms with van der Waals surface area (Å²) in [4.78, 5) is 12.4. The normalized spacial score (nSPS) is 14.1. The van der Waals surface area contributed by atoms with Crippen LogP contribution in [0.15, 0.2) is 30.3 Å². The van der Waals surface area contributed by atoms with Gasteiger partial charge in [0.2, 0.25) is 0 Å². The minimum atomic E-state index is -4.58. The topological polar surface area (TPSA) is 46.9 Å². The van der Waals surface area contributed by atoms with Gasteiger partial charge in [0.15, 0.2) is 5.69 Å². The average Bonchev–Trinajstić information content (AvgIpc) is 3.01. The molecule has 1 aromatic carbocycles. The highest BCUT2D eigenvalue weighted by molar-refractivity contribution is 5.93. The van der Waals surface area contributed by atoms with E-state index in [2.05, 4.69) is 24.3 Å². The van der Waals surface area contributed by atoms with Gasteiger partial charge in [-0.1, -0.05) is 45.0 Å². The summed E-state index contributed by atoms with van der Waals surface area (Å²) in [6, 6.07) is 8.47. The van der Waals surface area contributed by atoms with E-state index < -0.39 is 17.8 Å². The third-order valence-electron chi connectivity index (χ3n) is 4.64. The number of hydrogen-bond acceptors (Lipinski definition) is 2. The fourth-order valence-electron chi connectivity index (χ4n) is 2.76. The minimum absolute atomic E-state index is 0.119. The number of hydrogen-bond donors (Lipinski definition) is 1. The lowest BCUT2D eigenvalue weighted by Gasteiger charge is -2.18. The minimum Gasteiger partial charge on any atom is -0.344 e. The van der Waals surface area contributed by atoms with Crippen molar-refractivity contribution in [3.05, 3.63) is 52.8 Å². The van der Waals surface area contributed by atoms with Crippen molar-refractivity contribution in [2.75, 3.05) is 0 Å². The van der Waals surface area contributed by atoms with Crippen LogP contribution in [0.4, 0.5) is 13.2 Å². The van der Waals surface area contributed by atoms with E-state index in [9.17, 15) is 18.0 Å². The van der Waals surface area contributed by atoms with Crippen molar-refractivity contribution in [3.8, 4) is 0 Å². The molecule has 0 fully saturated rings. The number of carbonyl (C=O) groups excluding carboxylic acids is 1. The molecule has 0 saturated heterocycles. The van der Waals surface area contributed by atoms with Crippen LogP contribution < -0.4 is 5.32 Å². The summed E-state index contributed by atoms with van der Waals surface area (Å²) < 4.78 is 39.2. The Morgan fingerprint density at radius 2 is 1.73 bits per heavy atom. The number of rotatable bonds is 6. The van der Waals surface area contributed by atoms with Crippen LogP contribution in [0.5, 0.6) is 0 Å². The van der Waals surface area contributed by atoms with E-state index in [0.717, 1.165) is 22.7 Å². The van der Waals surface area contributed by atoms with Crippen LogP contribution in [0.25, 0.3) is 0 Å². The second-order valence-corrected chi connectivity index (χ2v) is 6.45. The summed E-state index contributed by atoms with van der Waals surface area (Å²) in [5, 5.41) is 6.18. The Morgan fingerprint density at radius 3 is 2.19 bits per heavy atom. The molecule has 0 radical (unpaired) electrons. The molecule has 26 heavy (non-hydrogen) atoms. The lowest BCUT2D eigenvalue weighted by molar-refractivity contribution is -0.141. The maximum Gasteiger partial charge on any atom is 0.435 e. The number of alkyl halides is 3. The third kappa shape index (κ3) is 4.45. The molecule has 0 aliphatic carbocycles. The van der Waals surface area contributed by atoms with E-state index in [-0.39, 0.29) is 11.7 Å². The zero-order valence-corrected chi connectivity index (χ0v) is 15.4. The highest BCUT2D eigenvalue weighted by atomic mass is 19.4. The van der Waals surface area contributed by atoms with Gasteiger partial charge < -0.3 is 5.32 Å². The van der Waals surface area contributed by atoms with Gasteiger partial charge in [0, 0.05) is 13.1 Å². The second-order valence-electron chi connectivity index (χ2n) is 6.45. The molecule has 142 valence electrons. The number of halogens is 3. The first-order valence-electron chi connectivity index (χ1n) is 8.69. The van der Waals surface area contributed by atoms with Crippen molar-refractivity contribution in [3.63, 3.8) is 0 Å². The molecular weight excluding hydrogens is 343 g/mol. The molecule has 7 heteroatoms. The van der Waals surface area contributed by atoms with Gasteiger partial charge in [-0.05, 0) is 29.9 Å². The molecule has 0 aliphatic heterocycles. The van der Waals surface area contributed by atoms with Crippen LogP contribution in [0, 0.1) is 0 Å². The number of amides is 1. The maximum absolute atomic E-state index is 12.8. The Labute approximate surface area is 151 Å². The Hall–Kier alpha value is -2.31. The second kappa shape index (κ2) is 7.93. The molecule has 4 nitrogen and oxygen atoms in total. The molecule has 2 unspecified atom stereocenters. The zero-order chi connectivity index (χ0) is 19.5. The van der Waals surface area contributed by atoms with Gasteiger partial charge in [-0.2, -0.15) is 18.3 Å². The molecule has 2 rings (SSSR count). The van der Waals surface area contributed by atoms with Gasteiger partial charge in [0.05, 0.1) is 6.04 Å². The van der Waals surface area contributed by atoms with Crippen molar-refractivity contribution in [2.24, 2.45) is 7.05 Å². The number of aromatic nitrogens is 2. The van der Waals surface area contributed by atoms with E-state index in [1.807, 2.05) is 31.2 Å². The van der Waals surface area contributed by atoms with Gasteiger partial charge in [0.1, 0.15) is 5.69 Å². The van der Waals surface area contributed by atoms with Gasteiger partial charge in [-0.15, -0.1) is 0 Å². The molecule has 0 spiro atoms. The summed E-state index contributed by atoms with van der Waals surface area (Å²) in [6.07, 6.45) is -2.92. The van der Waals surface area contributed by atoms with E-state index in [1.54, 1.807) is 0 Å². The highest BCUT2D eigenvalue weighted by Gasteiger charge is 2.35. The number of benzene rings is 1. The molecule has 0 aliphatic rings. The first-order chi connectivity index (χ1) is 12.2. The first kappa shape index (κ1) is 20.0. The highest BCUT2D eigenvalue weighted by Crippen LogP contribution is 2.28. The monoisotopic (exact) mass is 367 g/mol. The van der Waals surface area contributed by atoms with Crippen molar-refractivity contribution >= 4 is 5.91 Å². The molecule has 1 aromatic heterocycles. The van der Waals surface area contributed by atoms with E-state index >= 15 is 0 Å². The van der Waals surface area contributed by atoms with E-state index in [1.165, 1.54) is 12.6 Å². The number of carbonyl (C=O) groups is 1. The standard InChI is InChI=1S/C19H24F3N3O/c1-5-12(3)13-7-9-14(10-8-13)15(6-2)23-18(26)16-11-17(19(20,21)22)24-25(16)4/h7-12,15H,5-6H2,1-4H3,(H,23,26). The van der Waals surface area contributed by atoms with E-state index in [4.69, 9.17) is 0 Å².